The fourth-order valence-electron chi connectivity index (χ4n) is 3.57. The Morgan fingerprint density at radius 3 is 2.61 bits per heavy atom. The molecule has 7 heteroatoms. The van der Waals surface area contributed by atoms with E-state index in [4.69, 9.17) is 0 Å². The highest BCUT2D eigenvalue weighted by atomic mass is 16.2. The maximum atomic E-state index is 12.7. The Hall–Kier alpha value is -3.22. The molecule has 1 aliphatic heterocycles. The van der Waals surface area contributed by atoms with Crippen LogP contribution in [0.15, 0.2) is 48.7 Å². The molecular formula is C21H23N5O2. The van der Waals surface area contributed by atoms with Gasteiger partial charge in [-0.25, -0.2) is 4.98 Å². The summed E-state index contributed by atoms with van der Waals surface area (Å²) in [5.74, 6) is 0.714. The van der Waals surface area contributed by atoms with Crippen molar-refractivity contribution in [2.75, 3.05) is 19.6 Å². The highest BCUT2D eigenvalue weighted by molar-refractivity contribution is 5.92. The number of nitrogens with zero attached hydrogens (tertiary/aromatic N) is 4. The Balaban J connectivity index is 1.48. The Kier molecular flexibility index (Phi) is 5.32. The Bertz CT molecular complexity index is 977. The maximum absolute atomic E-state index is 12.7. The fourth-order valence-corrected chi connectivity index (χ4v) is 3.57. The number of pyridine rings is 1. The third kappa shape index (κ3) is 3.88. The van der Waals surface area contributed by atoms with Gasteiger partial charge in [0.2, 0.25) is 5.91 Å². The average Bonchev–Trinajstić information content (AvgIpc) is 3.38. The predicted octanol–water partition coefficient (Wildman–Crippen LogP) is 2.03. The zero-order valence-electron chi connectivity index (χ0n) is 15.7. The van der Waals surface area contributed by atoms with Crippen LogP contribution in [0.4, 0.5) is 0 Å². The normalized spacial score (nSPS) is 13.8. The molecule has 0 aliphatic carbocycles. The second-order valence-corrected chi connectivity index (χ2v) is 6.91. The van der Waals surface area contributed by atoms with E-state index < -0.39 is 0 Å². The number of likely N-dealkylation sites (tertiary alicyclic amines) is 1. The number of hydrogen-bond acceptors (Lipinski definition) is 4. The second kappa shape index (κ2) is 8.21. The largest absolute Gasteiger partial charge is 0.350 e. The van der Waals surface area contributed by atoms with Crippen LogP contribution >= 0.6 is 0 Å². The van der Waals surface area contributed by atoms with Gasteiger partial charge in [-0.1, -0.05) is 18.2 Å². The molecule has 1 fully saturated rings. The van der Waals surface area contributed by atoms with Crippen LogP contribution in [0.5, 0.6) is 0 Å². The van der Waals surface area contributed by atoms with Crippen molar-refractivity contribution in [1.82, 2.24) is 24.8 Å². The number of hydrogen-bond donors (Lipinski definition) is 1. The van der Waals surface area contributed by atoms with Crippen LogP contribution < -0.4 is 5.32 Å². The number of rotatable bonds is 6. The SMILES string of the molecule is O=C(NCCc1nc2ccccc2n1CC(=O)N1CCCC1)c1ccccn1. The molecule has 1 aromatic carbocycles. The summed E-state index contributed by atoms with van der Waals surface area (Å²) >= 11 is 0. The third-order valence-corrected chi connectivity index (χ3v) is 5.02. The van der Waals surface area contributed by atoms with E-state index in [1.54, 1.807) is 24.4 Å². The average molecular weight is 377 g/mol. The Labute approximate surface area is 163 Å². The Morgan fingerprint density at radius 1 is 1.04 bits per heavy atom. The minimum atomic E-state index is -0.212. The van der Waals surface area contributed by atoms with Gasteiger partial charge < -0.3 is 14.8 Å². The van der Waals surface area contributed by atoms with E-state index in [2.05, 4.69) is 15.3 Å². The summed E-state index contributed by atoms with van der Waals surface area (Å²) in [6.45, 7) is 2.38. The first-order chi connectivity index (χ1) is 13.7. The van der Waals surface area contributed by atoms with Crippen molar-refractivity contribution in [1.29, 1.82) is 0 Å². The first-order valence-corrected chi connectivity index (χ1v) is 9.63. The third-order valence-electron chi connectivity index (χ3n) is 5.02. The number of amides is 2. The zero-order chi connectivity index (χ0) is 19.3. The molecule has 0 radical (unpaired) electrons. The first kappa shape index (κ1) is 18.2. The van der Waals surface area contributed by atoms with Crippen molar-refractivity contribution < 1.29 is 9.59 Å². The van der Waals surface area contributed by atoms with E-state index in [-0.39, 0.29) is 18.4 Å². The van der Waals surface area contributed by atoms with Gasteiger partial charge in [0.15, 0.2) is 0 Å². The van der Waals surface area contributed by atoms with Gasteiger partial charge in [-0.3, -0.25) is 14.6 Å². The number of imidazole rings is 1. The fraction of sp³-hybridized carbons (Fsp3) is 0.333. The number of benzene rings is 1. The summed E-state index contributed by atoms with van der Waals surface area (Å²) in [6.07, 6.45) is 4.28. The van der Waals surface area contributed by atoms with Gasteiger partial charge in [0, 0.05) is 32.3 Å². The quantitative estimate of drug-likeness (QED) is 0.713. The zero-order valence-corrected chi connectivity index (χ0v) is 15.7. The van der Waals surface area contributed by atoms with Crippen LogP contribution in [-0.2, 0) is 17.8 Å². The lowest BCUT2D eigenvalue weighted by molar-refractivity contribution is -0.130. The van der Waals surface area contributed by atoms with Gasteiger partial charge >= 0.3 is 0 Å². The van der Waals surface area contributed by atoms with Crippen molar-refractivity contribution in [3.63, 3.8) is 0 Å². The van der Waals surface area contributed by atoms with E-state index in [0.717, 1.165) is 42.8 Å². The van der Waals surface area contributed by atoms with Crippen LogP contribution in [0, 0.1) is 0 Å². The highest BCUT2D eigenvalue weighted by Gasteiger charge is 2.20. The van der Waals surface area contributed by atoms with E-state index in [9.17, 15) is 9.59 Å². The van der Waals surface area contributed by atoms with Crippen LogP contribution in [-0.4, -0.2) is 50.9 Å². The number of para-hydroxylation sites is 2. The lowest BCUT2D eigenvalue weighted by atomic mass is 10.3. The van der Waals surface area contributed by atoms with Crippen molar-refractivity contribution in [3.8, 4) is 0 Å². The van der Waals surface area contributed by atoms with Gasteiger partial charge in [-0.2, -0.15) is 0 Å². The molecule has 4 rings (SSSR count). The lowest BCUT2D eigenvalue weighted by Crippen LogP contribution is -2.32. The summed E-state index contributed by atoms with van der Waals surface area (Å²) in [5, 5.41) is 2.88. The molecule has 3 aromatic rings. The lowest BCUT2D eigenvalue weighted by Gasteiger charge is -2.17. The molecule has 0 saturated carbocycles. The van der Waals surface area contributed by atoms with Crippen molar-refractivity contribution in [3.05, 3.63) is 60.2 Å². The van der Waals surface area contributed by atoms with Gasteiger partial charge in [0.25, 0.3) is 5.91 Å². The number of carbonyl (C=O) groups is 2. The first-order valence-electron chi connectivity index (χ1n) is 9.63. The summed E-state index contributed by atoms with van der Waals surface area (Å²) in [5.41, 5.74) is 2.20. The van der Waals surface area contributed by atoms with Gasteiger partial charge in [-0.05, 0) is 37.1 Å². The molecule has 1 aliphatic rings. The minimum absolute atomic E-state index is 0.124. The molecule has 1 N–H and O–H groups in total. The van der Waals surface area contributed by atoms with E-state index in [1.807, 2.05) is 33.7 Å². The minimum Gasteiger partial charge on any atom is -0.350 e. The van der Waals surface area contributed by atoms with Gasteiger partial charge in [0.05, 0.1) is 11.0 Å². The highest BCUT2D eigenvalue weighted by Crippen LogP contribution is 2.18. The number of fused-ring (bicyclic) bond motifs is 1. The van der Waals surface area contributed by atoms with Crippen molar-refractivity contribution in [2.24, 2.45) is 0 Å². The van der Waals surface area contributed by atoms with Crippen molar-refractivity contribution >= 4 is 22.8 Å². The maximum Gasteiger partial charge on any atom is 0.269 e. The monoisotopic (exact) mass is 377 g/mol. The van der Waals surface area contributed by atoms with Crippen LogP contribution in [0.25, 0.3) is 11.0 Å². The number of aromatic nitrogens is 3. The molecule has 0 unspecified atom stereocenters. The molecule has 0 atom stereocenters. The molecule has 0 bridgehead atoms. The van der Waals surface area contributed by atoms with E-state index in [0.29, 0.717) is 18.7 Å². The molecule has 7 nitrogen and oxygen atoms in total. The topological polar surface area (TPSA) is 80.1 Å². The molecular weight excluding hydrogens is 354 g/mol. The predicted molar refractivity (Wildman–Crippen MR) is 106 cm³/mol. The molecule has 2 aromatic heterocycles. The van der Waals surface area contributed by atoms with Crippen LogP contribution in [0.1, 0.15) is 29.2 Å². The second-order valence-electron chi connectivity index (χ2n) is 6.91. The van der Waals surface area contributed by atoms with E-state index in [1.165, 1.54) is 0 Å². The summed E-state index contributed by atoms with van der Waals surface area (Å²) in [6, 6.07) is 13.1. The standard InChI is InChI=1S/C21H23N5O2/c27-20(25-13-5-6-14-25)15-26-18-9-2-1-7-16(18)24-19(26)10-12-23-21(28)17-8-3-4-11-22-17/h1-4,7-9,11H,5-6,10,12-15H2,(H,23,28). The van der Waals surface area contributed by atoms with Gasteiger partial charge in [-0.15, -0.1) is 0 Å². The molecule has 144 valence electrons. The smallest absolute Gasteiger partial charge is 0.269 e. The number of nitrogens with one attached hydrogen (secondary N) is 1. The molecule has 28 heavy (non-hydrogen) atoms. The van der Waals surface area contributed by atoms with E-state index >= 15 is 0 Å². The molecule has 1 saturated heterocycles. The summed E-state index contributed by atoms with van der Waals surface area (Å²) in [7, 11) is 0. The molecule has 0 spiro atoms. The summed E-state index contributed by atoms with van der Waals surface area (Å²) < 4.78 is 1.98. The van der Waals surface area contributed by atoms with Crippen molar-refractivity contribution in [2.45, 2.75) is 25.8 Å². The Morgan fingerprint density at radius 2 is 1.82 bits per heavy atom. The number of carbonyl (C=O) groups excluding carboxylic acids is 2. The summed E-state index contributed by atoms with van der Waals surface area (Å²) in [4.78, 5) is 35.5. The molecule has 2 amide bonds. The van der Waals surface area contributed by atoms with Crippen LogP contribution in [0.3, 0.4) is 0 Å². The van der Waals surface area contributed by atoms with Gasteiger partial charge in [0.1, 0.15) is 18.1 Å². The van der Waals surface area contributed by atoms with Crippen LogP contribution in [0.2, 0.25) is 0 Å². The molecule has 3 heterocycles.